The maximum Gasteiger partial charge on any atom is 0.127 e. The Kier molecular flexibility index (Phi) is 9.17. The summed E-state index contributed by atoms with van der Waals surface area (Å²) in [4.78, 5) is 0. The van der Waals surface area contributed by atoms with E-state index in [4.69, 9.17) is 9.47 Å². The summed E-state index contributed by atoms with van der Waals surface area (Å²) < 4.78 is 12.2. The van der Waals surface area contributed by atoms with Gasteiger partial charge in [0.15, 0.2) is 0 Å². The van der Waals surface area contributed by atoms with E-state index in [-0.39, 0.29) is 0 Å². The first-order valence-electron chi connectivity index (χ1n) is 9.63. The van der Waals surface area contributed by atoms with Gasteiger partial charge in [0, 0.05) is 16.1 Å². The topological polar surface area (TPSA) is 18.5 Å². The first kappa shape index (κ1) is 20.1. The van der Waals surface area contributed by atoms with Gasteiger partial charge in [0.1, 0.15) is 11.5 Å². The average molecular weight is 407 g/mol. The highest BCUT2D eigenvalue weighted by atomic mass is 79.9. The zero-order valence-corrected chi connectivity index (χ0v) is 17.2. The van der Waals surface area contributed by atoms with E-state index in [1.54, 1.807) is 0 Å². The molecule has 0 bridgehead atoms. The van der Waals surface area contributed by atoms with Gasteiger partial charge in [-0.25, -0.2) is 0 Å². The van der Waals surface area contributed by atoms with E-state index < -0.39 is 0 Å². The molecule has 0 amide bonds. The highest BCUT2D eigenvalue weighted by Crippen LogP contribution is 2.33. The summed E-state index contributed by atoms with van der Waals surface area (Å²) in [5.41, 5.74) is 0. The Morgan fingerprint density at radius 2 is 1.56 bits per heavy atom. The van der Waals surface area contributed by atoms with E-state index in [0.717, 1.165) is 53.7 Å². The van der Waals surface area contributed by atoms with Gasteiger partial charge in [-0.2, -0.15) is 0 Å². The molecule has 1 atom stereocenters. The SMILES string of the molecule is CCCCC(CC)COc1ccc(OCCCCBr)c2ccccc12. The second-order valence-corrected chi connectivity index (χ2v) is 7.37. The average Bonchev–Trinajstić information content (AvgIpc) is 2.66. The van der Waals surface area contributed by atoms with Crippen LogP contribution in [0.1, 0.15) is 52.4 Å². The molecular weight excluding hydrogens is 376 g/mol. The Hall–Kier alpha value is -1.22. The molecule has 138 valence electrons. The van der Waals surface area contributed by atoms with Crippen LogP contribution in [-0.2, 0) is 0 Å². The summed E-state index contributed by atoms with van der Waals surface area (Å²) in [7, 11) is 0. The molecule has 0 aromatic heterocycles. The molecule has 2 aromatic rings. The first-order valence-corrected chi connectivity index (χ1v) is 10.8. The maximum absolute atomic E-state index is 6.21. The number of alkyl halides is 1. The molecule has 0 saturated heterocycles. The fourth-order valence-electron chi connectivity index (χ4n) is 2.98. The Morgan fingerprint density at radius 3 is 2.16 bits per heavy atom. The minimum absolute atomic E-state index is 0.638. The molecular formula is C22H31BrO2. The van der Waals surface area contributed by atoms with Crippen LogP contribution in [0.5, 0.6) is 11.5 Å². The molecule has 2 nitrogen and oxygen atoms in total. The molecule has 0 spiro atoms. The standard InChI is InChI=1S/C22H31BrO2/c1-3-5-10-18(4-2)17-25-22-14-13-21(24-16-9-8-15-23)19-11-6-7-12-20(19)22/h6-7,11-14,18H,3-5,8-10,15-17H2,1-2H3. The predicted molar refractivity (Wildman–Crippen MR) is 111 cm³/mol. The lowest BCUT2D eigenvalue weighted by molar-refractivity contribution is 0.235. The molecule has 2 aromatic carbocycles. The molecule has 0 aliphatic carbocycles. The van der Waals surface area contributed by atoms with Crippen molar-refractivity contribution in [1.82, 2.24) is 0 Å². The third-order valence-corrected chi connectivity index (χ3v) is 5.21. The Morgan fingerprint density at radius 1 is 0.880 bits per heavy atom. The van der Waals surface area contributed by atoms with Gasteiger partial charge >= 0.3 is 0 Å². The molecule has 0 radical (unpaired) electrons. The zero-order valence-electron chi connectivity index (χ0n) is 15.6. The zero-order chi connectivity index (χ0) is 17.9. The number of ether oxygens (including phenoxy) is 2. The first-order chi connectivity index (χ1) is 12.3. The van der Waals surface area contributed by atoms with Crippen molar-refractivity contribution in [2.75, 3.05) is 18.5 Å². The lowest BCUT2D eigenvalue weighted by atomic mass is 10.0. The second kappa shape index (κ2) is 11.4. The number of hydrogen-bond donors (Lipinski definition) is 0. The number of benzene rings is 2. The summed E-state index contributed by atoms with van der Waals surface area (Å²) in [5.74, 6) is 2.56. The van der Waals surface area contributed by atoms with Crippen molar-refractivity contribution in [2.45, 2.75) is 52.4 Å². The molecule has 0 heterocycles. The van der Waals surface area contributed by atoms with Crippen molar-refractivity contribution < 1.29 is 9.47 Å². The number of rotatable bonds is 12. The molecule has 0 fully saturated rings. The van der Waals surface area contributed by atoms with Gasteiger partial charge in [0.25, 0.3) is 0 Å². The second-order valence-electron chi connectivity index (χ2n) is 6.58. The maximum atomic E-state index is 6.21. The number of fused-ring (bicyclic) bond motifs is 1. The van der Waals surface area contributed by atoms with Crippen molar-refractivity contribution in [3.63, 3.8) is 0 Å². The minimum atomic E-state index is 0.638. The van der Waals surface area contributed by atoms with E-state index in [1.165, 1.54) is 25.7 Å². The van der Waals surface area contributed by atoms with Gasteiger partial charge in [0.05, 0.1) is 13.2 Å². The van der Waals surface area contributed by atoms with Crippen LogP contribution in [0.4, 0.5) is 0 Å². The third-order valence-electron chi connectivity index (χ3n) is 4.65. The molecule has 25 heavy (non-hydrogen) atoms. The fourth-order valence-corrected chi connectivity index (χ4v) is 3.38. The predicted octanol–water partition coefficient (Wildman–Crippen LogP) is 6.99. The van der Waals surface area contributed by atoms with Crippen LogP contribution in [-0.4, -0.2) is 18.5 Å². The van der Waals surface area contributed by atoms with Crippen LogP contribution in [0.3, 0.4) is 0 Å². The molecule has 0 N–H and O–H groups in total. The highest BCUT2D eigenvalue weighted by Gasteiger charge is 2.11. The molecule has 1 unspecified atom stereocenters. The number of halogens is 1. The van der Waals surface area contributed by atoms with Crippen molar-refractivity contribution in [3.05, 3.63) is 36.4 Å². The molecule has 3 heteroatoms. The van der Waals surface area contributed by atoms with Crippen LogP contribution in [0.25, 0.3) is 10.8 Å². The Balaban J connectivity index is 2.08. The van der Waals surface area contributed by atoms with Gasteiger partial charge in [-0.1, -0.05) is 73.3 Å². The normalized spacial score (nSPS) is 12.3. The van der Waals surface area contributed by atoms with Gasteiger partial charge in [-0.05, 0) is 37.3 Å². The molecule has 0 aliphatic heterocycles. The highest BCUT2D eigenvalue weighted by molar-refractivity contribution is 9.09. The Labute approximate surface area is 161 Å². The van der Waals surface area contributed by atoms with Crippen LogP contribution in [0.2, 0.25) is 0 Å². The third kappa shape index (κ3) is 6.22. The molecule has 0 saturated carbocycles. The van der Waals surface area contributed by atoms with Crippen molar-refractivity contribution in [3.8, 4) is 11.5 Å². The summed E-state index contributed by atoms with van der Waals surface area (Å²) in [5, 5.41) is 3.31. The summed E-state index contributed by atoms with van der Waals surface area (Å²) in [6.45, 7) is 6.06. The van der Waals surface area contributed by atoms with E-state index in [1.807, 2.05) is 0 Å². The Bertz CT molecular complexity index is 626. The van der Waals surface area contributed by atoms with Crippen LogP contribution in [0.15, 0.2) is 36.4 Å². The lowest BCUT2D eigenvalue weighted by Gasteiger charge is -2.18. The van der Waals surface area contributed by atoms with E-state index in [0.29, 0.717) is 5.92 Å². The largest absolute Gasteiger partial charge is 0.493 e. The van der Waals surface area contributed by atoms with Crippen molar-refractivity contribution in [1.29, 1.82) is 0 Å². The van der Waals surface area contributed by atoms with Crippen molar-refractivity contribution in [2.24, 2.45) is 5.92 Å². The number of hydrogen-bond acceptors (Lipinski definition) is 2. The van der Waals surface area contributed by atoms with Crippen LogP contribution < -0.4 is 9.47 Å². The summed E-state index contributed by atoms with van der Waals surface area (Å²) >= 11 is 3.46. The van der Waals surface area contributed by atoms with Gasteiger partial charge in [0.2, 0.25) is 0 Å². The summed E-state index contributed by atoms with van der Waals surface area (Å²) in [6.07, 6.45) is 7.15. The van der Waals surface area contributed by atoms with Crippen molar-refractivity contribution >= 4 is 26.7 Å². The van der Waals surface area contributed by atoms with E-state index >= 15 is 0 Å². The lowest BCUT2D eigenvalue weighted by Crippen LogP contribution is -2.11. The monoisotopic (exact) mass is 406 g/mol. The van der Waals surface area contributed by atoms with E-state index in [9.17, 15) is 0 Å². The number of unbranched alkanes of at least 4 members (excludes halogenated alkanes) is 2. The molecule has 0 aliphatic rings. The quantitative estimate of drug-likeness (QED) is 0.279. The fraction of sp³-hybridized carbons (Fsp3) is 0.545. The van der Waals surface area contributed by atoms with Crippen LogP contribution >= 0.6 is 15.9 Å². The molecule has 2 rings (SSSR count). The van der Waals surface area contributed by atoms with Gasteiger partial charge in [-0.3, -0.25) is 0 Å². The smallest absolute Gasteiger partial charge is 0.127 e. The minimum Gasteiger partial charge on any atom is -0.493 e. The summed E-state index contributed by atoms with van der Waals surface area (Å²) in [6, 6.07) is 12.5. The van der Waals surface area contributed by atoms with Gasteiger partial charge < -0.3 is 9.47 Å². The van der Waals surface area contributed by atoms with E-state index in [2.05, 4.69) is 66.2 Å². The van der Waals surface area contributed by atoms with Gasteiger partial charge in [-0.15, -0.1) is 0 Å². The van der Waals surface area contributed by atoms with Crippen LogP contribution in [0, 0.1) is 5.92 Å².